The van der Waals surface area contributed by atoms with Crippen molar-refractivity contribution in [2.24, 2.45) is 0 Å². The third-order valence-electron chi connectivity index (χ3n) is 0.612. The molecule has 0 aliphatic heterocycles. The zero-order valence-electron chi connectivity index (χ0n) is 3.83. The second kappa shape index (κ2) is 1.50. The molecule has 1 aromatic heterocycles. The van der Waals surface area contributed by atoms with Crippen molar-refractivity contribution in [3.05, 3.63) is 11.1 Å². The van der Waals surface area contributed by atoms with Gasteiger partial charge in [-0.15, -0.1) is 5.10 Å². The van der Waals surface area contributed by atoms with Gasteiger partial charge in [0.2, 0.25) is 5.82 Å². The smallest absolute Gasteiger partial charge is 0.232 e. The van der Waals surface area contributed by atoms with Crippen LogP contribution in [0.25, 0.3) is 0 Å². The SMILES string of the molecule is Cc1[nH]nc(Cl)[nH+]1. The minimum atomic E-state index is 0.400. The van der Waals surface area contributed by atoms with Crippen LogP contribution in [0.4, 0.5) is 0 Å². The summed E-state index contributed by atoms with van der Waals surface area (Å²) in [7, 11) is 0. The first kappa shape index (κ1) is 4.59. The van der Waals surface area contributed by atoms with E-state index in [1.54, 1.807) is 0 Å². The fraction of sp³-hybridized carbons (Fsp3) is 0.333. The highest BCUT2D eigenvalue weighted by molar-refractivity contribution is 6.27. The molecule has 7 heavy (non-hydrogen) atoms. The van der Waals surface area contributed by atoms with E-state index in [9.17, 15) is 0 Å². The molecule has 0 aromatic carbocycles. The Morgan fingerprint density at radius 1 is 1.86 bits per heavy atom. The Morgan fingerprint density at radius 2 is 2.57 bits per heavy atom. The number of aromatic nitrogens is 3. The van der Waals surface area contributed by atoms with E-state index < -0.39 is 0 Å². The zero-order chi connectivity index (χ0) is 5.28. The normalized spacial score (nSPS) is 9.43. The second-order valence-corrected chi connectivity index (χ2v) is 1.62. The van der Waals surface area contributed by atoms with E-state index in [4.69, 9.17) is 11.6 Å². The molecule has 0 saturated carbocycles. The maximum Gasteiger partial charge on any atom is 0.369 e. The van der Waals surface area contributed by atoms with Crippen molar-refractivity contribution in [2.75, 3.05) is 0 Å². The van der Waals surface area contributed by atoms with Crippen LogP contribution in [0.15, 0.2) is 0 Å². The molecule has 1 aromatic rings. The topological polar surface area (TPSA) is 42.8 Å². The summed E-state index contributed by atoms with van der Waals surface area (Å²) in [5.74, 6) is 0.866. The van der Waals surface area contributed by atoms with Gasteiger partial charge in [0, 0.05) is 6.92 Å². The molecule has 0 saturated heterocycles. The van der Waals surface area contributed by atoms with Crippen LogP contribution >= 0.6 is 11.6 Å². The molecule has 0 aliphatic carbocycles. The number of H-pyrrole nitrogens is 2. The van der Waals surface area contributed by atoms with Crippen molar-refractivity contribution >= 4 is 11.6 Å². The van der Waals surface area contributed by atoms with Crippen LogP contribution in [0.2, 0.25) is 5.28 Å². The molecule has 1 heterocycles. The lowest BCUT2D eigenvalue weighted by Gasteiger charge is -1.60. The van der Waals surface area contributed by atoms with Gasteiger partial charge in [0.25, 0.3) is 0 Å². The van der Waals surface area contributed by atoms with Crippen molar-refractivity contribution in [3.63, 3.8) is 0 Å². The molecular formula is C3H5ClN3+. The molecule has 0 atom stereocenters. The lowest BCUT2D eigenvalue weighted by molar-refractivity contribution is -0.384. The molecule has 38 valence electrons. The monoisotopic (exact) mass is 118 g/mol. The molecule has 0 spiro atoms. The van der Waals surface area contributed by atoms with Gasteiger partial charge in [0.15, 0.2) is 0 Å². The van der Waals surface area contributed by atoms with Crippen LogP contribution in [0.5, 0.6) is 0 Å². The van der Waals surface area contributed by atoms with E-state index in [2.05, 4.69) is 15.2 Å². The molecule has 0 bridgehead atoms. The van der Waals surface area contributed by atoms with Crippen LogP contribution in [0.3, 0.4) is 0 Å². The van der Waals surface area contributed by atoms with Crippen LogP contribution in [-0.4, -0.2) is 10.2 Å². The summed E-state index contributed by atoms with van der Waals surface area (Å²) < 4.78 is 0. The first-order chi connectivity index (χ1) is 3.29. The third kappa shape index (κ3) is 0.899. The van der Waals surface area contributed by atoms with Gasteiger partial charge in [-0.3, -0.25) is 0 Å². The maximum absolute atomic E-state index is 5.36. The standard InChI is InChI=1S/C3H4ClN3/c1-2-5-3(4)7-6-2/h1H3,(H,5,6,7)/p+1. The van der Waals surface area contributed by atoms with Gasteiger partial charge in [0.05, 0.1) is 5.10 Å². The Bertz CT molecular complexity index is 142. The highest BCUT2D eigenvalue weighted by atomic mass is 35.5. The highest BCUT2D eigenvalue weighted by Crippen LogP contribution is 1.88. The number of nitrogens with one attached hydrogen (secondary N) is 2. The quantitative estimate of drug-likeness (QED) is 0.519. The molecule has 0 fully saturated rings. The Morgan fingerprint density at radius 3 is 2.71 bits per heavy atom. The molecule has 1 rings (SSSR count). The van der Waals surface area contributed by atoms with Gasteiger partial charge in [-0.2, -0.15) is 0 Å². The van der Waals surface area contributed by atoms with E-state index >= 15 is 0 Å². The van der Waals surface area contributed by atoms with Gasteiger partial charge < -0.3 is 0 Å². The van der Waals surface area contributed by atoms with Crippen LogP contribution in [0, 0.1) is 6.92 Å². The Labute approximate surface area is 45.7 Å². The fourth-order valence-electron chi connectivity index (χ4n) is 0.344. The van der Waals surface area contributed by atoms with Gasteiger partial charge >= 0.3 is 5.28 Å². The molecule has 4 heteroatoms. The summed E-state index contributed by atoms with van der Waals surface area (Å²) in [5, 5.41) is 6.63. The van der Waals surface area contributed by atoms with E-state index in [-0.39, 0.29) is 0 Å². The summed E-state index contributed by atoms with van der Waals surface area (Å²) in [6, 6.07) is 0. The summed E-state index contributed by atoms with van der Waals surface area (Å²) in [5.41, 5.74) is 0. The van der Waals surface area contributed by atoms with Crippen molar-refractivity contribution in [3.8, 4) is 0 Å². The summed E-state index contributed by atoms with van der Waals surface area (Å²) >= 11 is 5.36. The number of hydrogen-bond donors (Lipinski definition) is 1. The average Bonchev–Trinajstić information content (AvgIpc) is 1.87. The van der Waals surface area contributed by atoms with E-state index in [1.807, 2.05) is 6.92 Å². The zero-order valence-corrected chi connectivity index (χ0v) is 4.58. The number of halogens is 1. The molecule has 2 N–H and O–H groups in total. The highest BCUT2D eigenvalue weighted by Gasteiger charge is 1.98. The molecule has 0 unspecified atom stereocenters. The van der Waals surface area contributed by atoms with Crippen molar-refractivity contribution in [1.29, 1.82) is 0 Å². The predicted octanol–water partition coefficient (Wildman–Crippen LogP) is 0.186. The van der Waals surface area contributed by atoms with E-state index in [1.165, 1.54) is 0 Å². The van der Waals surface area contributed by atoms with Gasteiger partial charge in [0.1, 0.15) is 0 Å². The van der Waals surface area contributed by atoms with Gasteiger partial charge in [-0.25, -0.2) is 4.98 Å². The van der Waals surface area contributed by atoms with Gasteiger partial charge in [-0.1, -0.05) is 0 Å². The first-order valence-corrected chi connectivity index (χ1v) is 2.26. The Hall–Kier alpha value is -0.570. The minimum Gasteiger partial charge on any atom is -0.232 e. The molecule has 0 radical (unpaired) electrons. The minimum absolute atomic E-state index is 0.400. The lowest BCUT2D eigenvalue weighted by Crippen LogP contribution is -2.01. The number of aromatic amines is 2. The summed E-state index contributed by atoms with van der Waals surface area (Å²) in [6.45, 7) is 1.85. The molecule has 0 aliphatic rings. The largest absolute Gasteiger partial charge is 0.369 e. The van der Waals surface area contributed by atoms with Crippen LogP contribution in [-0.2, 0) is 0 Å². The van der Waals surface area contributed by atoms with Crippen molar-refractivity contribution in [2.45, 2.75) is 6.92 Å². The number of nitrogens with zero attached hydrogens (tertiary/aromatic N) is 1. The second-order valence-electron chi connectivity index (χ2n) is 1.26. The number of aryl methyl sites for hydroxylation is 1. The van der Waals surface area contributed by atoms with Crippen LogP contribution < -0.4 is 4.98 Å². The molecular weight excluding hydrogens is 114 g/mol. The van der Waals surface area contributed by atoms with Crippen molar-refractivity contribution < 1.29 is 4.98 Å². The number of rotatable bonds is 0. The number of hydrogen-bond acceptors (Lipinski definition) is 1. The first-order valence-electron chi connectivity index (χ1n) is 1.89. The summed E-state index contributed by atoms with van der Waals surface area (Å²) in [4.78, 5) is 2.74. The van der Waals surface area contributed by atoms with E-state index in [0.29, 0.717) is 5.28 Å². The predicted molar refractivity (Wildman–Crippen MR) is 24.9 cm³/mol. The summed E-state index contributed by atoms with van der Waals surface area (Å²) in [6.07, 6.45) is 0. The van der Waals surface area contributed by atoms with Gasteiger partial charge in [-0.05, 0) is 11.6 Å². The molecule has 0 amide bonds. The van der Waals surface area contributed by atoms with Crippen LogP contribution in [0.1, 0.15) is 5.82 Å². The Balaban J connectivity index is 3.04. The van der Waals surface area contributed by atoms with E-state index in [0.717, 1.165) is 5.82 Å². The average molecular weight is 119 g/mol. The maximum atomic E-state index is 5.36. The molecule has 3 nitrogen and oxygen atoms in total. The third-order valence-corrected chi connectivity index (χ3v) is 0.791. The lowest BCUT2D eigenvalue weighted by atomic mass is 10.8. The fourth-order valence-corrected chi connectivity index (χ4v) is 0.528. The Kier molecular flexibility index (Phi) is 0.982. The van der Waals surface area contributed by atoms with Crippen molar-refractivity contribution in [1.82, 2.24) is 10.2 Å².